The number of hydrogen-bond acceptors (Lipinski definition) is 4. The van der Waals surface area contributed by atoms with Gasteiger partial charge in [-0.15, -0.1) is 12.4 Å². The van der Waals surface area contributed by atoms with Crippen molar-refractivity contribution in [2.75, 3.05) is 57.3 Å². The predicted octanol–water partition coefficient (Wildman–Crippen LogP) is 0.969. The highest BCUT2D eigenvalue weighted by Gasteiger charge is 2.23. The average molecular weight is 367 g/mol. The molecule has 3 rings (SSSR count). The molecule has 0 aliphatic carbocycles. The number of carbonyl (C=O) groups excluding carboxylic acids is 2. The van der Waals surface area contributed by atoms with E-state index in [1.54, 1.807) is 0 Å². The van der Waals surface area contributed by atoms with E-state index in [9.17, 15) is 9.59 Å². The second-order valence-electron chi connectivity index (χ2n) is 6.33. The highest BCUT2D eigenvalue weighted by Crippen LogP contribution is 2.16. The van der Waals surface area contributed by atoms with Gasteiger partial charge in [-0.2, -0.15) is 0 Å². The second-order valence-corrected chi connectivity index (χ2v) is 6.33. The molecule has 2 fully saturated rings. The molecule has 2 amide bonds. The average Bonchev–Trinajstić information content (AvgIpc) is 2.67. The van der Waals surface area contributed by atoms with E-state index in [0.29, 0.717) is 12.8 Å². The fourth-order valence-electron chi connectivity index (χ4n) is 3.30. The van der Waals surface area contributed by atoms with Crippen molar-refractivity contribution >= 4 is 29.9 Å². The van der Waals surface area contributed by atoms with Crippen LogP contribution in [0.4, 0.5) is 5.69 Å². The highest BCUT2D eigenvalue weighted by molar-refractivity contribution is 5.85. The van der Waals surface area contributed by atoms with Crippen molar-refractivity contribution in [2.45, 2.75) is 12.8 Å². The lowest BCUT2D eigenvalue weighted by Crippen LogP contribution is -2.49. The Bertz CT molecular complexity index is 555. The van der Waals surface area contributed by atoms with E-state index in [-0.39, 0.29) is 24.2 Å². The minimum absolute atomic E-state index is 0. The molecule has 7 heteroatoms. The first kappa shape index (κ1) is 19.5. The van der Waals surface area contributed by atoms with Crippen LogP contribution in [-0.2, 0) is 9.59 Å². The zero-order valence-electron chi connectivity index (χ0n) is 14.5. The van der Waals surface area contributed by atoms with Crippen molar-refractivity contribution in [3.63, 3.8) is 0 Å². The Balaban J connectivity index is 0.00000225. The van der Waals surface area contributed by atoms with Crippen LogP contribution in [0.25, 0.3) is 0 Å². The van der Waals surface area contributed by atoms with Crippen LogP contribution in [-0.4, -0.2) is 74.0 Å². The van der Waals surface area contributed by atoms with Crippen molar-refractivity contribution in [2.24, 2.45) is 0 Å². The number of nitrogens with one attached hydrogen (secondary N) is 1. The van der Waals surface area contributed by atoms with Crippen molar-refractivity contribution in [3.8, 4) is 0 Å². The normalized spacial score (nSPS) is 17.8. The molecule has 0 bridgehead atoms. The van der Waals surface area contributed by atoms with Crippen molar-refractivity contribution in [1.82, 2.24) is 15.1 Å². The molecule has 2 heterocycles. The molecule has 0 saturated carbocycles. The van der Waals surface area contributed by atoms with Gasteiger partial charge in [-0.3, -0.25) is 9.59 Å². The van der Waals surface area contributed by atoms with Crippen molar-refractivity contribution in [1.29, 1.82) is 0 Å². The van der Waals surface area contributed by atoms with E-state index >= 15 is 0 Å². The summed E-state index contributed by atoms with van der Waals surface area (Å²) in [7, 11) is 0. The Kier molecular flexibility index (Phi) is 7.52. The fourth-order valence-corrected chi connectivity index (χ4v) is 3.30. The molecule has 6 nitrogen and oxygen atoms in total. The first-order valence-electron chi connectivity index (χ1n) is 8.80. The van der Waals surface area contributed by atoms with Crippen LogP contribution in [0.15, 0.2) is 30.3 Å². The summed E-state index contributed by atoms with van der Waals surface area (Å²) in [5, 5.41) is 3.23. The predicted molar refractivity (Wildman–Crippen MR) is 101 cm³/mol. The van der Waals surface area contributed by atoms with E-state index in [1.807, 2.05) is 28.0 Å². The number of nitrogens with zero attached hydrogens (tertiary/aromatic N) is 3. The van der Waals surface area contributed by atoms with Gasteiger partial charge in [0.15, 0.2) is 0 Å². The molecule has 1 N–H and O–H groups in total. The van der Waals surface area contributed by atoms with Crippen LogP contribution < -0.4 is 10.2 Å². The lowest BCUT2D eigenvalue weighted by atomic mass is 10.2. The van der Waals surface area contributed by atoms with Crippen LogP contribution in [0, 0.1) is 0 Å². The van der Waals surface area contributed by atoms with Crippen LogP contribution in [0.1, 0.15) is 12.8 Å². The minimum Gasteiger partial charge on any atom is -0.368 e. The number of halogens is 1. The maximum atomic E-state index is 12.4. The molecular weight excluding hydrogens is 340 g/mol. The van der Waals surface area contributed by atoms with Gasteiger partial charge < -0.3 is 20.0 Å². The summed E-state index contributed by atoms with van der Waals surface area (Å²) >= 11 is 0. The number of anilines is 1. The molecule has 0 unspecified atom stereocenters. The third kappa shape index (κ3) is 5.34. The van der Waals surface area contributed by atoms with Crippen LogP contribution in [0.3, 0.4) is 0 Å². The second kappa shape index (κ2) is 9.63. The number of carbonyl (C=O) groups is 2. The molecule has 25 heavy (non-hydrogen) atoms. The Morgan fingerprint density at radius 2 is 1.32 bits per heavy atom. The fraction of sp³-hybridized carbons (Fsp3) is 0.556. The monoisotopic (exact) mass is 366 g/mol. The zero-order valence-corrected chi connectivity index (χ0v) is 15.3. The van der Waals surface area contributed by atoms with E-state index in [4.69, 9.17) is 0 Å². The minimum atomic E-state index is 0. The number of benzene rings is 1. The molecule has 0 radical (unpaired) electrons. The summed E-state index contributed by atoms with van der Waals surface area (Å²) in [5.74, 6) is 0.207. The van der Waals surface area contributed by atoms with Crippen molar-refractivity contribution in [3.05, 3.63) is 30.3 Å². The van der Waals surface area contributed by atoms with Gasteiger partial charge in [0.2, 0.25) is 11.8 Å². The molecule has 2 aliphatic rings. The molecule has 138 valence electrons. The molecule has 2 aliphatic heterocycles. The largest absolute Gasteiger partial charge is 0.368 e. The Morgan fingerprint density at radius 1 is 0.800 bits per heavy atom. The third-order valence-corrected chi connectivity index (χ3v) is 4.78. The maximum Gasteiger partial charge on any atom is 0.223 e. The van der Waals surface area contributed by atoms with Gasteiger partial charge in [-0.1, -0.05) is 18.2 Å². The summed E-state index contributed by atoms with van der Waals surface area (Å²) < 4.78 is 0. The SMILES string of the molecule is Cl.O=C(CCC(=O)N1CCN(c2ccccc2)CC1)N1CCNCC1. The Morgan fingerprint density at radius 3 is 1.88 bits per heavy atom. The van der Waals surface area contributed by atoms with Crippen LogP contribution >= 0.6 is 12.4 Å². The molecule has 1 aromatic rings. The van der Waals surface area contributed by atoms with Crippen LogP contribution in [0.5, 0.6) is 0 Å². The summed E-state index contributed by atoms with van der Waals surface area (Å²) in [4.78, 5) is 30.5. The number of piperazine rings is 2. The number of amides is 2. The van der Waals surface area contributed by atoms with Gasteiger partial charge >= 0.3 is 0 Å². The lowest BCUT2D eigenvalue weighted by Gasteiger charge is -2.36. The molecule has 0 aromatic heterocycles. The lowest BCUT2D eigenvalue weighted by molar-refractivity contribution is -0.137. The first-order valence-corrected chi connectivity index (χ1v) is 8.80. The molecular formula is C18H27ClN4O2. The number of rotatable bonds is 4. The smallest absolute Gasteiger partial charge is 0.223 e. The Labute approximate surface area is 155 Å². The molecule has 1 aromatic carbocycles. The maximum absolute atomic E-state index is 12.4. The van der Waals surface area contributed by atoms with Gasteiger partial charge in [0.1, 0.15) is 0 Å². The van der Waals surface area contributed by atoms with E-state index in [2.05, 4.69) is 22.3 Å². The van der Waals surface area contributed by atoms with E-state index in [0.717, 1.165) is 52.4 Å². The molecule has 0 atom stereocenters. The Hall–Kier alpha value is -1.79. The summed E-state index contributed by atoms with van der Waals surface area (Å²) in [6.07, 6.45) is 0.659. The highest BCUT2D eigenvalue weighted by atomic mass is 35.5. The number of hydrogen-bond donors (Lipinski definition) is 1. The van der Waals surface area contributed by atoms with Gasteiger partial charge in [0, 0.05) is 70.9 Å². The van der Waals surface area contributed by atoms with Gasteiger partial charge in [0.25, 0.3) is 0 Å². The topological polar surface area (TPSA) is 55.9 Å². The quantitative estimate of drug-likeness (QED) is 0.862. The molecule has 0 spiro atoms. The number of para-hydroxylation sites is 1. The van der Waals surface area contributed by atoms with Gasteiger partial charge in [-0.05, 0) is 12.1 Å². The van der Waals surface area contributed by atoms with E-state index in [1.165, 1.54) is 5.69 Å². The molecule has 2 saturated heterocycles. The van der Waals surface area contributed by atoms with Crippen molar-refractivity contribution < 1.29 is 9.59 Å². The summed E-state index contributed by atoms with van der Waals surface area (Å²) in [6.45, 7) is 6.36. The van der Waals surface area contributed by atoms with Gasteiger partial charge in [-0.25, -0.2) is 0 Å². The van der Waals surface area contributed by atoms with E-state index < -0.39 is 0 Å². The summed E-state index contributed by atoms with van der Waals surface area (Å²) in [5.41, 5.74) is 1.21. The van der Waals surface area contributed by atoms with Gasteiger partial charge in [0.05, 0.1) is 0 Å². The third-order valence-electron chi connectivity index (χ3n) is 4.78. The zero-order chi connectivity index (χ0) is 16.8. The summed E-state index contributed by atoms with van der Waals surface area (Å²) in [6, 6.07) is 10.3. The first-order chi connectivity index (χ1) is 11.7. The standard InChI is InChI=1S/C18H26N4O2.ClH/c23-17(21-10-8-19-9-11-21)6-7-18(24)22-14-12-20(13-15-22)16-4-2-1-3-5-16;/h1-5,19H,6-15H2;1H. The van der Waals surface area contributed by atoms with Crippen LogP contribution in [0.2, 0.25) is 0 Å².